The molecule has 0 radical (unpaired) electrons. The highest BCUT2D eigenvalue weighted by molar-refractivity contribution is 6.38. The van der Waals surface area contributed by atoms with Gasteiger partial charge in [0, 0.05) is 27.3 Å². The van der Waals surface area contributed by atoms with E-state index in [4.69, 9.17) is 5.11 Å². The number of nitrogens with zero attached hydrogens (tertiary/aromatic N) is 2. The number of aliphatic hydroxyl groups is 1. The van der Waals surface area contributed by atoms with Crippen molar-refractivity contribution in [2.75, 3.05) is 27.7 Å². The predicted octanol–water partition coefficient (Wildman–Crippen LogP) is -1.30. The maximum Gasteiger partial charge on any atom is 0.287 e. The molecule has 0 fully saturated rings. The Morgan fingerprint density at radius 3 is 2.50 bits per heavy atom. The molecule has 0 aromatic rings. The van der Waals surface area contributed by atoms with Gasteiger partial charge in [-0.2, -0.15) is 0 Å². The monoisotopic (exact) mass is 256 g/mol. The van der Waals surface area contributed by atoms with Crippen LogP contribution >= 0.6 is 0 Å². The molecule has 0 aliphatic rings. The van der Waals surface area contributed by atoms with Crippen LogP contribution in [0.15, 0.2) is 17.3 Å². The number of hydrogen-bond donors (Lipinski definition) is 3. The molecule has 0 aliphatic carbocycles. The molecule has 102 valence electrons. The number of nitrogens with one attached hydrogen (secondary N) is 2. The summed E-state index contributed by atoms with van der Waals surface area (Å²) in [4.78, 5) is 28.6. The second-order valence-electron chi connectivity index (χ2n) is 3.46. The van der Waals surface area contributed by atoms with Gasteiger partial charge in [-0.3, -0.25) is 14.6 Å². The van der Waals surface area contributed by atoms with Gasteiger partial charge in [0.2, 0.25) is 5.91 Å². The van der Waals surface area contributed by atoms with Crippen molar-refractivity contribution in [2.45, 2.75) is 13.0 Å². The Labute approximate surface area is 107 Å². The summed E-state index contributed by atoms with van der Waals surface area (Å²) < 4.78 is 0. The Hall–Kier alpha value is -1.89. The summed E-state index contributed by atoms with van der Waals surface area (Å²) in [5.41, 5.74) is 0. The number of carbonyl (C=O) groups is 2. The molecule has 2 amide bonds. The molecule has 0 rings (SSSR count). The van der Waals surface area contributed by atoms with Gasteiger partial charge in [-0.25, -0.2) is 0 Å². The van der Waals surface area contributed by atoms with E-state index in [9.17, 15) is 9.59 Å². The second-order valence-corrected chi connectivity index (χ2v) is 3.46. The average Bonchev–Trinajstić information content (AvgIpc) is 2.36. The molecule has 0 heterocycles. The zero-order valence-electron chi connectivity index (χ0n) is 11.1. The lowest BCUT2D eigenvalue weighted by Gasteiger charge is -2.19. The highest BCUT2D eigenvalue weighted by Gasteiger charge is 2.22. The van der Waals surface area contributed by atoms with Gasteiger partial charge in [0.05, 0.1) is 6.61 Å². The van der Waals surface area contributed by atoms with Crippen molar-refractivity contribution in [3.63, 3.8) is 0 Å². The smallest absolute Gasteiger partial charge is 0.287 e. The van der Waals surface area contributed by atoms with Crippen LogP contribution in [0.1, 0.15) is 6.92 Å². The van der Waals surface area contributed by atoms with Gasteiger partial charge in [0.15, 0.2) is 5.84 Å². The first kappa shape index (κ1) is 16.1. The fourth-order valence-electron chi connectivity index (χ4n) is 1.30. The van der Waals surface area contributed by atoms with E-state index < -0.39 is 24.5 Å². The van der Waals surface area contributed by atoms with E-state index in [1.807, 2.05) is 6.92 Å². The summed E-state index contributed by atoms with van der Waals surface area (Å²) in [6.07, 6.45) is 3.41. The highest BCUT2D eigenvalue weighted by atomic mass is 16.3. The first-order valence-electron chi connectivity index (χ1n) is 5.47. The van der Waals surface area contributed by atoms with Gasteiger partial charge in [0.25, 0.3) is 5.91 Å². The summed E-state index contributed by atoms with van der Waals surface area (Å²) in [7, 11) is 4.57. The normalized spacial score (nSPS) is 13.3. The number of amidine groups is 1. The molecule has 0 saturated carbocycles. The minimum Gasteiger partial charge on any atom is -0.394 e. The largest absolute Gasteiger partial charge is 0.394 e. The lowest BCUT2D eigenvalue weighted by molar-refractivity contribution is -0.127. The van der Waals surface area contributed by atoms with Crippen LogP contribution in [0.4, 0.5) is 0 Å². The van der Waals surface area contributed by atoms with Crippen LogP contribution in [0.25, 0.3) is 0 Å². The Kier molecular flexibility index (Phi) is 7.37. The number of rotatable bonds is 4. The van der Waals surface area contributed by atoms with Crippen LogP contribution in [0.2, 0.25) is 0 Å². The van der Waals surface area contributed by atoms with Crippen molar-refractivity contribution < 1.29 is 14.7 Å². The maximum atomic E-state index is 11.9. The van der Waals surface area contributed by atoms with Crippen molar-refractivity contribution >= 4 is 17.6 Å². The fourth-order valence-corrected chi connectivity index (χ4v) is 1.30. The van der Waals surface area contributed by atoms with Crippen LogP contribution in [-0.4, -0.2) is 61.4 Å². The number of carbonyl (C=O) groups excluding carboxylic acids is 2. The second kappa shape index (κ2) is 8.24. The summed E-state index contributed by atoms with van der Waals surface area (Å²) >= 11 is 0. The summed E-state index contributed by atoms with van der Waals surface area (Å²) in [6.45, 7) is 1.33. The molecule has 0 aliphatic heterocycles. The molecular formula is C11H20N4O3. The molecule has 0 spiro atoms. The third-order valence-corrected chi connectivity index (χ3v) is 2.17. The van der Waals surface area contributed by atoms with Crippen LogP contribution < -0.4 is 10.6 Å². The van der Waals surface area contributed by atoms with Gasteiger partial charge >= 0.3 is 0 Å². The van der Waals surface area contributed by atoms with E-state index in [1.165, 1.54) is 19.0 Å². The van der Waals surface area contributed by atoms with Crippen LogP contribution in [0.3, 0.4) is 0 Å². The molecule has 0 aromatic carbocycles. The highest BCUT2D eigenvalue weighted by Crippen LogP contribution is 1.92. The first-order chi connectivity index (χ1) is 8.51. The zero-order chi connectivity index (χ0) is 14.1. The number of likely N-dealkylation sites (N-methyl/N-ethyl adjacent to an activating group) is 2. The SMILES string of the molecule is C/C=C/N(C)C(=NC)C(=O)N[C@@H](CO)C(=O)NC. The quantitative estimate of drug-likeness (QED) is 0.430. The fraction of sp³-hybridized carbons (Fsp3) is 0.545. The molecule has 0 aromatic heterocycles. The number of allylic oxidation sites excluding steroid dienone is 1. The summed E-state index contributed by atoms with van der Waals surface area (Å²) in [5.74, 6) is -0.841. The van der Waals surface area contributed by atoms with E-state index in [1.54, 1.807) is 19.3 Å². The van der Waals surface area contributed by atoms with Gasteiger partial charge in [-0.05, 0) is 6.92 Å². The Morgan fingerprint density at radius 2 is 2.11 bits per heavy atom. The molecule has 0 bridgehead atoms. The summed E-state index contributed by atoms with van der Waals surface area (Å²) in [6, 6.07) is -0.988. The topological polar surface area (TPSA) is 94.0 Å². The number of aliphatic imine (C=N–C) groups is 1. The molecule has 7 heteroatoms. The standard InChI is InChI=1S/C11H20N4O3/c1-5-6-15(4)9(12-2)11(18)14-8(7-16)10(17)13-3/h5-6,8,16H,7H2,1-4H3,(H,13,17)(H,14,18)/b6-5+,12-9?/t8-/m0/s1. The van der Waals surface area contributed by atoms with Crippen LogP contribution in [0.5, 0.6) is 0 Å². The van der Waals surface area contributed by atoms with E-state index >= 15 is 0 Å². The average molecular weight is 256 g/mol. The van der Waals surface area contributed by atoms with E-state index in [2.05, 4.69) is 15.6 Å². The Balaban J connectivity index is 4.77. The molecule has 0 unspecified atom stereocenters. The molecule has 1 atom stereocenters. The lowest BCUT2D eigenvalue weighted by Crippen LogP contribution is -2.51. The number of amides is 2. The Bertz CT molecular complexity index is 352. The van der Waals surface area contributed by atoms with Gasteiger partial charge in [-0.15, -0.1) is 0 Å². The lowest BCUT2D eigenvalue weighted by atomic mass is 10.3. The van der Waals surface area contributed by atoms with Crippen LogP contribution in [0, 0.1) is 0 Å². The third-order valence-electron chi connectivity index (χ3n) is 2.17. The maximum absolute atomic E-state index is 11.9. The third kappa shape index (κ3) is 4.54. The van der Waals surface area contributed by atoms with Gasteiger partial charge in [0.1, 0.15) is 6.04 Å². The van der Waals surface area contributed by atoms with E-state index in [-0.39, 0.29) is 5.84 Å². The minimum atomic E-state index is -0.988. The van der Waals surface area contributed by atoms with E-state index in [0.717, 1.165) is 0 Å². The molecule has 7 nitrogen and oxygen atoms in total. The predicted molar refractivity (Wildman–Crippen MR) is 69.0 cm³/mol. The van der Waals surface area contributed by atoms with Gasteiger partial charge in [-0.1, -0.05) is 6.08 Å². The zero-order valence-corrected chi connectivity index (χ0v) is 11.1. The first-order valence-corrected chi connectivity index (χ1v) is 5.47. The molecule has 0 saturated heterocycles. The number of aliphatic hydroxyl groups excluding tert-OH is 1. The molecule has 18 heavy (non-hydrogen) atoms. The summed E-state index contributed by atoms with van der Waals surface area (Å²) in [5, 5.41) is 13.8. The van der Waals surface area contributed by atoms with Crippen molar-refractivity contribution in [3.8, 4) is 0 Å². The minimum absolute atomic E-state index is 0.149. The van der Waals surface area contributed by atoms with Crippen molar-refractivity contribution in [1.82, 2.24) is 15.5 Å². The van der Waals surface area contributed by atoms with Gasteiger partial charge < -0.3 is 20.6 Å². The molecular weight excluding hydrogens is 236 g/mol. The van der Waals surface area contributed by atoms with Crippen LogP contribution in [-0.2, 0) is 9.59 Å². The number of hydrogen-bond acceptors (Lipinski definition) is 4. The van der Waals surface area contributed by atoms with Crippen molar-refractivity contribution in [3.05, 3.63) is 12.3 Å². The van der Waals surface area contributed by atoms with Crippen molar-refractivity contribution in [1.29, 1.82) is 0 Å². The van der Waals surface area contributed by atoms with Crippen molar-refractivity contribution in [2.24, 2.45) is 4.99 Å². The van der Waals surface area contributed by atoms with E-state index in [0.29, 0.717) is 0 Å². The molecule has 3 N–H and O–H groups in total. The Morgan fingerprint density at radius 1 is 1.50 bits per heavy atom.